The summed E-state index contributed by atoms with van der Waals surface area (Å²) in [5, 5.41) is 16.7. The van der Waals surface area contributed by atoms with E-state index in [2.05, 4.69) is 25.8 Å². The second-order valence-electron chi connectivity index (χ2n) is 5.67. The molecule has 8 nitrogen and oxygen atoms in total. The summed E-state index contributed by atoms with van der Waals surface area (Å²) in [6, 6.07) is 0. The Labute approximate surface area is 136 Å². The summed E-state index contributed by atoms with van der Waals surface area (Å²) in [7, 11) is 0. The molecule has 23 heavy (non-hydrogen) atoms. The summed E-state index contributed by atoms with van der Waals surface area (Å²) in [6.45, 7) is 1.36. The molecule has 1 N–H and O–H groups in total. The lowest BCUT2D eigenvalue weighted by Gasteiger charge is -2.12. The zero-order valence-corrected chi connectivity index (χ0v) is 13.4. The van der Waals surface area contributed by atoms with Crippen LogP contribution < -0.4 is 5.32 Å². The zero-order valence-electron chi connectivity index (χ0n) is 12.6. The van der Waals surface area contributed by atoms with Crippen LogP contribution in [0.15, 0.2) is 17.8 Å². The molecular formula is C14H17N7OS. The molecule has 0 spiro atoms. The maximum atomic E-state index is 12.5. The quantitative estimate of drug-likeness (QED) is 0.770. The molecule has 0 bridgehead atoms. The van der Waals surface area contributed by atoms with Crippen molar-refractivity contribution >= 4 is 22.2 Å². The largest absolute Gasteiger partial charge is 0.355 e. The molecule has 0 saturated carbocycles. The average Bonchev–Trinajstić information content (AvgIpc) is 3.21. The van der Waals surface area contributed by atoms with Crippen LogP contribution in [-0.2, 0) is 17.8 Å². The molecule has 0 unspecified atom stereocenters. The fourth-order valence-corrected chi connectivity index (χ4v) is 3.66. The molecule has 0 aliphatic carbocycles. The first-order valence-corrected chi connectivity index (χ1v) is 8.64. The van der Waals surface area contributed by atoms with Crippen molar-refractivity contribution in [2.45, 2.75) is 38.1 Å². The third-order valence-electron chi connectivity index (χ3n) is 4.12. The first kappa shape index (κ1) is 14.3. The lowest BCUT2D eigenvalue weighted by atomic mass is 10.0. The Morgan fingerprint density at radius 1 is 1.43 bits per heavy atom. The van der Waals surface area contributed by atoms with E-state index < -0.39 is 0 Å². The summed E-state index contributed by atoms with van der Waals surface area (Å²) in [5.74, 6) is 0.435. The number of rotatable bonds is 4. The summed E-state index contributed by atoms with van der Waals surface area (Å²) in [4.78, 5) is 18.0. The molecule has 3 aromatic heterocycles. The van der Waals surface area contributed by atoms with Gasteiger partial charge in [-0.15, -0.1) is 16.4 Å². The third-order valence-corrected chi connectivity index (χ3v) is 4.89. The SMILES string of the molecule is O=C(NCCc1cn2ccsc2n1)[C@H]1CCCCn2nnnc21. The average molecular weight is 331 g/mol. The fourth-order valence-electron chi connectivity index (χ4n) is 2.94. The minimum atomic E-state index is -0.252. The molecule has 3 aromatic rings. The Morgan fingerprint density at radius 3 is 3.30 bits per heavy atom. The van der Waals surface area contributed by atoms with Crippen molar-refractivity contribution in [3.8, 4) is 0 Å². The van der Waals surface area contributed by atoms with Crippen LogP contribution in [0.2, 0.25) is 0 Å². The van der Waals surface area contributed by atoms with Crippen LogP contribution >= 0.6 is 11.3 Å². The summed E-state index contributed by atoms with van der Waals surface area (Å²) < 4.78 is 3.75. The molecule has 4 heterocycles. The van der Waals surface area contributed by atoms with Crippen LogP contribution in [-0.4, -0.2) is 42.0 Å². The third kappa shape index (κ3) is 2.83. The molecule has 0 saturated heterocycles. The minimum Gasteiger partial charge on any atom is -0.355 e. The van der Waals surface area contributed by atoms with Gasteiger partial charge in [0.15, 0.2) is 10.8 Å². The van der Waals surface area contributed by atoms with Gasteiger partial charge in [0.1, 0.15) is 0 Å². The van der Waals surface area contributed by atoms with Gasteiger partial charge < -0.3 is 5.32 Å². The van der Waals surface area contributed by atoms with Crippen molar-refractivity contribution in [3.63, 3.8) is 0 Å². The number of tetrazole rings is 1. The van der Waals surface area contributed by atoms with Crippen molar-refractivity contribution in [2.24, 2.45) is 0 Å². The molecule has 1 aliphatic rings. The van der Waals surface area contributed by atoms with E-state index in [-0.39, 0.29) is 11.8 Å². The normalized spacial score (nSPS) is 17.8. The van der Waals surface area contributed by atoms with Gasteiger partial charge in [0.05, 0.1) is 11.6 Å². The van der Waals surface area contributed by atoms with Gasteiger partial charge in [-0.05, 0) is 23.3 Å². The van der Waals surface area contributed by atoms with Crippen molar-refractivity contribution in [2.75, 3.05) is 6.54 Å². The number of carbonyl (C=O) groups excluding carboxylic acids is 1. The van der Waals surface area contributed by atoms with Gasteiger partial charge in [0, 0.05) is 37.3 Å². The number of nitrogens with one attached hydrogen (secondary N) is 1. The van der Waals surface area contributed by atoms with Gasteiger partial charge in [-0.25, -0.2) is 9.67 Å². The van der Waals surface area contributed by atoms with E-state index >= 15 is 0 Å². The van der Waals surface area contributed by atoms with Crippen molar-refractivity contribution in [3.05, 3.63) is 29.3 Å². The van der Waals surface area contributed by atoms with E-state index in [1.165, 1.54) is 0 Å². The van der Waals surface area contributed by atoms with Crippen LogP contribution in [0.5, 0.6) is 0 Å². The van der Waals surface area contributed by atoms with Gasteiger partial charge in [-0.3, -0.25) is 9.20 Å². The van der Waals surface area contributed by atoms with E-state index in [4.69, 9.17) is 0 Å². The standard InChI is InChI=1S/C14H17N7OS/c22-13(11-3-1-2-6-21-12(11)17-18-19-21)15-5-4-10-9-20-7-8-23-14(20)16-10/h7-9,11H,1-6H2,(H,15,22)/t11-/m0/s1. The van der Waals surface area contributed by atoms with Crippen LogP contribution in [0.25, 0.3) is 4.96 Å². The smallest absolute Gasteiger partial charge is 0.230 e. The fraction of sp³-hybridized carbons (Fsp3) is 0.500. The number of aryl methyl sites for hydroxylation is 1. The van der Waals surface area contributed by atoms with Gasteiger partial charge in [0.25, 0.3) is 0 Å². The lowest BCUT2D eigenvalue weighted by molar-refractivity contribution is -0.122. The number of hydrogen-bond donors (Lipinski definition) is 1. The Balaban J connectivity index is 1.37. The Bertz CT molecular complexity index is 791. The molecule has 0 aromatic carbocycles. The predicted octanol–water partition coefficient (Wildman–Crippen LogP) is 1.01. The van der Waals surface area contributed by atoms with E-state index in [1.807, 2.05) is 22.2 Å². The number of carbonyl (C=O) groups is 1. The lowest BCUT2D eigenvalue weighted by Crippen LogP contribution is -2.32. The van der Waals surface area contributed by atoms with E-state index in [0.29, 0.717) is 12.4 Å². The highest BCUT2D eigenvalue weighted by atomic mass is 32.1. The molecular weight excluding hydrogens is 314 g/mol. The van der Waals surface area contributed by atoms with Crippen molar-refractivity contribution in [1.29, 1.82) is 0 Å². The highest BCUT2D eigenvalue weighted by Crippen LogP contribution is 2.23. The second-order valence-corrected chi connectivity index (χ2v) is 6.55. The molecule has 1 amide bonds. The van der Waals surface area contributed by atoms with Gasteiger partial charge >= 0.3 is 0 Å². The van der Waals surface area contributed by atoms with E-state index in [1.54, 1.807) is 16.0 Å². The molecule has 1 aliphatic heterocycles. The molecule has 9 heteroatoms. The summed E-state index contributed by atoms with van der Waals surface area (Å²) in [6.07, 6.45) is 7.52. The van der Waals surface area contributed by atoms with Gasteiger partial charge in [-0.1, -0.05) is 6.42 Å². The zero-order chi connectivity index (χ0) is 15.6. The van der Waals surface area contributed by atoms with Crippen LogP contribution in [0.4, 0.5) is 0 Å². The predicted molar refractivity (Wildman–Crippen MR) is 84.2 cm³/mol. The van der Waals surface area contributed by atoms with Crippen LogP contribution in [0.1, 0.15) is 36.7 Å². The Morgan fingerprint density at radius 2 is 2.39 bits per heavy atom. The second kappa shape index (κ2) is 6.07. The number of amides is 1. The van der Waals surface area contributed by atoms with Gasteiger partial charge in [0.2, 0.25) is 5.91 Å². The number of fused-ring (bicyclic) bond motifs is 2. The van der Waals surface area contributed by atoms with E-state index in [9.17, 15) is 4.79 Å². The molecule has 0 fully saturated rings. The number of aromatic nitrogens is 6. The monoisotopic (exact) mass is 331 g/mol. The molecule has 1 atom stereocenters. The van der Waals surface area contributed by atoms with Crippen molar-refractivity contribution in [1.82, 2.24) is 34.9 Å². The maximum Gasteiger partial charge on any atom is 0.230 e. The van der Waals surface area contributed by atoms with Gasteiger partial charge in [-0.2, -0.15) is 0 Å². The topological polar surface area (TPSA) is 90.0 Å². The summed E-state index contributed by atoms with van der Waals surface area (Å²) >= 11 is 1.61. The number of imidazole rings is 1. The number of hydrogen-bond acceptors (Lipinski definition) is 6. The Kier molecular flexibility index (Phi) is 3.78. The molecule has 120 valence electrons. The first-order chi connectivity index (χ1) is 11.3. The highest BCUT2D eigenvalue weighted by Gasteiger charge is 2.28. The van der Waals surface area contributed by atoms with E-state index in [0.717, 1.165) is 42.9 Å². The Hall–Kier alpha value is -2.29. The summed E-state index contributed by atoms with van der Waals surface area (Å²) in [5.41, 5.74) is 0.989. The van der Waals surface area contributed by atoms with Crippen LogP contribution in [0, 0.1) is 0 Å². The minimum absolute atomic E-state index is 0.00368. The highest BCUT2D eigenvalue weighted by molar-refractivity contribution is 7.15. The molecule has 0 radical (unpaired) electrons. The first-order valence-electron chi connectivity index (χ1n) is 7.76. The maximum absolute atomic E-state index is 12.5. The molecule has 4 rings (SSSR count). The number of nitrogens with zero attached hydrogens (tertiary/aromatic N) is 6. The van der Waals surface area contributed by atoms with Crippen molar-refractivity contribution < 1.29 is 4.79 Å². The number of thiazole rings is 1. The van der Waals surface area contributed by atoms with Crippen LogP contribution in [0.3, 0.4) is 0 Å².